The van der Waals surface area contributed by atoms with Gasteiger partial charge < -0.3 is 0 Å². The van der Waals surface area contributed by atoms with E-state index in [1.165, 1.54) is 24.3 Å². The molecule has 0 N–H and O–H groups in total. The van der Waals surface area contributed by atoms with Gasteiger partial charge in [0.1, 0.15) is 0 Å². The summed E-state index contributed by atoms with van der Waals surface area (Å²) >= 11 is 0.963. The number of nitrogens with zero attached hydrogens (tertiary/aromatic N) is 2. The molecule has 0 aliphatic rings. The van der Waals surface area contributed by atoms with Crippen LogP contribution in [0.5, 0.6) is 0 Å². The Kier molecular flexibility index (Phi) is 6.13. The monoisotopic (exact) mass is 498 g/mol. The summed E-state index contributed by atoms with van der Waals surface area (Å²) < 4.78 is 55.0. The molecule has 0 spiro atoms. The summed E-state index contributed by atoms with van der Waals surface area (Å²) in [4.78, 5) is 4.16. The van der Waals surface area contributed by atoms with Crippen LogP contribution < -0.4 is 3.71 Å². The smallest absolute Gasteiger partial charge is 0.218 e. The minimum Gasteiger partial charge on any atom is -0.218 e. The summed E-state index contributed by atoms with van der Waals surface area (Å²) in [6, 6.07) is 19.7. The molecular formula is C24H22N2O4S3. The first-order chi connectivity index (χ1) is 15.6. The molecule has 0 aliphatic heterocycles. The van der Waals surface area contributed by atoms with Crippen LogP contribution in [0.25, 0.3) is 11.3 Å². The normalized spacial score (nSPS) is 12.0. The summed E-state index contributed by atoms with van der Waals surface area (Å²) in [6.45, 7) is 5.61. The third-order valence-corrected chi connectivity index (χ3v) is 10.3. The van der Waals surface area contributed by atoms with Crippen LogP contribution >= 0.6 is 11.3 Å². The van der Waals surface area contributed by atoms with E-state index >= 15 is 0 Å². The summed E-state index contributed by atoms with van der Waals surface area (Å²) in [5.74, 6) is 0. The molecule has 0 amide bonds. The molecule has 4 rings (SSSR count). The molecule has 1 heterocycles. The number of rotatable bonds is 6. The number of hydrogen-bond acceptors (Lipinski definition) is 6. The van der Waals surface area contributed by atoms with Crippen molar-refractivity contribution in [2.75, 3.05) is 3.71 Å². The molecule has 170 valence electrons. The van der Waals surface area contributed by atoms with Gasteiger partial charge in [-0.3, -0.25) is 0 Å². The van der Waals surface area contributed by atoms with Crippen LogP contribution in [-0.2, 0) is 20.0 Å². The second-order valence-corrected chi connectivity index (χ2v) is 12.4. The lowest BCUT2D eigenvalue weighted by molar-refractivity contribution is 0.584. The third kappa shape index (κ3) is 4.57. The lowest BCUT2D eigenvalue weighted by Gasteiger charge is -2.21. The van der Waals surface area contributed by atoms with E-state index in [0.717, 1.165) is 33.6 Å². The van der Waals surface area contributed by atoms with Gasteiger partial charge in [0, 0.05) is 10.9 Å². The van der Waals surface area contributed by atoms with Crippen molar-refractivity contribution in [2.45, 2.75) is 30.6 Å². The van der Waals surface area contributed by atoms with E-state index in [1.807, 2.05) is 45.0 Å². The Morgan fingerprint density at radius 1 is 0.636 bits per heavy atom. The number of thiazole rings is 1. The largest absolute Gasteiger partial charge is 0.279 e. The summed E-state index contributed by atoms with van der Waals surface area (Å²) in [5, 5.41) is 1.51. The molecule has 4 aromatic rings. The number of benzene rings is 3. The average Bonchev–Trinajstić information content (AvgIpc) is 3.23. The number of anilines is 1. The highest BCUT2D eigenvalue weighted by atomic mass is 32.3. The zero-order valence-electron chi connectivity index (χ0n) is 18.3. The maximum absolute atomic E-state index is 13.6. The molecule has 0 aliphatic carbocycles. The highest BCUT2D eigenvalue weighted by Gasteiger charge is 2.39. The van der Waals surface area contributed by atoms with Gasteiger partial charge in [0.05, 0.1) is 15.5 Å². The Bertz CT molecular complexity index is 1410. The van der Waals surface area contributed by atoms with Crippen molar-refractivity contribution in [3.8, 4) is 11.3 Å². The van der Waals surface area contributed by atoms with Crippen molar-refractivity contribution in [1.82, 2.24) is 4.98 Å². The van der Waals surface area contributed by atoms with Crippen molar-refractivity contribution < 1.29 is 16.8 Å². The van der Waals surface area contributed by atoms with Gasteiger partial charge in [-0.15, -0.1) is 15.0 Å². The Labute approximate surface area is 198 Å². The first-order valence-electron chi connectivity index (χ1n) is 10.1. The minimum atomic E-state index is -4.47. The molecule has 0 saturated heterocycles. The summed E-state index contributed by atoms with van der Waals surface area (Å²) in [6.07, 6.45) is 0. The predicted molar refractivity (Wildman–Crippen MR) is 131 cm³/mol. The maximum atomic E-state index is 13.6. The summed E-state index contributed by atoms with van der Waals surface area (Å²) in [5.41, 5.74) is 4.05. The Morgan fingerprint density at radius 3 is 1.45 bits per heavy atom. The van der Waals surface area contributed by atoms with Crippen molar-refractivity contribution in [2.24, 2.45) is 0 Å². The Morgan fingerprint density at radius 2 is 1.03 bits per heavy atom. The maximum Gasteiger partial charge on any atom is 0.279 e. The Hall–Kier alpha value is -3.01. The number of hydrogen-bond donors (Lipinski definition) is 0. The lowest BCUT2D eigenvalue weighted by Crippen LogP contribution is -2.37. The molecule has 0 radical (unpaired) electrons. The molecule has 33 heavy (non-hydrogen) atoms. The average molecular weight is 499 g/mol. The topological polar surface area (TPSA) is 84.4 Å². The van der Waals surface area contributed by atoms with Crippen LogP contribution in [0.15, 0.2) is 88.0 Å². The Balaban J connectivity index is 1.89. The second-order valence-electron chi connectivity index (χ2n) is 7.71. The fraction of sp³-hybridized carbons (Fsp3) is 0.125. The highest BCUT2D eigenvalue weighted by molar-refractivity contribution is 8.10. The molecule has 1 aromatic heterocycles. The molecule has 6 nitrogen and oxygen atoms in total. The third-order valence-electron chi connectivity index (χ3n) is 5.07. The van der Waals surface area contributed by atoms with Crippen LogP contribution in [0.4, 0.5) is 5.13 Å². The standard InChI is InChI=1S/C24H22N2O4S3/c1-17-4-10-20(11-5-17)23-16-31-24(25-23)26(32(27,28)21-12-6-18(2)7-13-21)33(29,30)22-14-8-19(3)9-15-22/h4-16H,1-3H3. The number of sulfonamides is 2. The van der Waals surface area contributed by atoms with Crippen molar-refractivity contribution >= 4 is 36.5 Å². The molecular weight excluding hydrogens is 476 g/mol. The van der Waals surface area contributed by atoms with Gasteiger partial charge in [0.2, 0.25) is 5.13 Å². The van der Waals surface area contributed by atoms with E-state index in [9.17, 15) is 16.8 Å². The molecule has 0 bridgehead atoms. The van der Waals surface area contributed by atoms with Gasteiger partial charge in [-0.25, -0.2) is 4.98 Å². The summed E-state index contributed by atoms with van der Waals surface area (Å²) in [7, 11) is -8.94. The lowest BCUT2D eigenvalue weighted by atomic mass is 10.1. The highest BCUT2D eigenvalue weighted by Crippen LogP contribution is 2.35. The van der Waals surface area contributed by atoms with Gasteiger partial charge in [-0.05, 0) is 45.0 Å². The SMILES string of the molecule is Cc1ccc(-c2csc(N(S(=O)(=O)c3ccc(C)cc3)S(=O)(=O)c3ccc(C)cc3)n2)cc1. The molecule has 0 saturated carbocycles. The van der Waals surface area contributed by atoms with Gasteiger partial charge in [0.25, 0.3) is 20.0 Å². The van der Waals surface area contributed by atoms with Crippen LogP contribution in [-0.4, -0.2) is 21.8 Å². The molecule has 3 aromatic carbocycles. The van der Waals surface area contributed by atoms with Gasteiger partial charge in [-0.2, -0.15) is 16.8 Å². The quantitative estimate of drug-likeness (QED) is 0.359. The van der Waals surface area contributed by atoms with Crippen LogP contribution in [0.2, 0.25) is 0 Å². The fourth-order valence-electron chi connectivity index (χ4n) is 3.15. The van der Waals surface area contributed by atoms with E-state index in [2.05, 4.69) is 4.98 Å². The zero-order valence-corrected chi connectivity index (χ0v) is 20.7. The first kappa shape index (κ1) is 23.2. The number of aryl methyl sites for hydroxylation is 3. The zero-order chi connectivity index (χ0) is 23.8. The van der Waals surface area contributed by atoms with Gasteiger partial charge in [0.15, 0.2) is 0 Å². The van der Waals surface area contributed by atoms with Gasteiger partial charge in [-0.1, -0.05) is 65.2 Å². The predicted octanol–water partition coefficient (Wildman–Crippen LogP) is 5.32. The number of aromatic nitrogens is 1. The molecule has 0 unspecified atom stereocenters. The van der Waals surface area contributed by atoms with Crippen molar-refractivity contribution in [1.29, 1.82) is 0 Å². The van der Waals surface area contributed by atoms with Crippen LogP contribution in [0, 0.1) is 20.8 Å². The van der Waals surface area contributed by atoms with E-state index < -0.39 is 20.0 Å². The first-order valence-corrected chi connectivity index (χ1v) is 13.8. The second kappa shape index (κ2) is 8.74. The minimum absolute atomic E-state index is 0.129. The van der Waals surface area contributed by atoms with Crippen LogP contribution in [0.1, 0.15) is 16.7 Å². The van der Waals surface area contributed by atoms with E-state index in [4.69, 9.17) is 0 Å². The fourth-order valence-corrected chi connectivity index (χ4v) is 8.03. The van der Waals surface area contributed by atoms with E-state index in [0.29, 0.717) is 9.40 Å². The van der Waals surface area contributed by atoms with E-state index in [1.54, 1.807) is 29.6 Å². The van der Waals surface area contributed by atoms with Crippen LogP contribution in [0.3, 0.4) is 0 Å². The van der Waals surface area contributed by atoms with Gasteiger partial charge >= 0.3 is 0 Å². The van der Waals surface area contributed by atoms with E-state index in [-0.39, 0.29) is 14.9 Å². The molecule has 0 fully saturated rings. The van der Waals surface area contributed by atoms with Crippen molar-refractivity contribution in [3.63, 3.8) is 0 Å². The molecule has 9 heteroatoms. The van der Waals surface area contributed by atoms with Crippen molar-refractivity contribution in [3.05, 3.63) is 94.9 Å². The molecule has 0 atom stereocenters.